The van der Waals surface area contributed by atoms with Crippen LogP contribution in [0.3, 0.4) is 0 Å². The molecule has 0 radical (unpaired) electrons. The average molecular weight is 220 g/mol. The van der Waals surface area contributed by atoms with Crippen LogP contribution in [0.4, 0.5) is 0 Å². The van der Waals surface area contributed by atoms with Crippen LogP contribution >= 0.6 is 0 Å². The Bertz CT molecular complexity index is 446. The van der Waals surface area contributed by atoms with E-state index in [1.54, 1.807) is 12.5 Å². The van der Waals surface area contributed by atoms with Crippen LogP contribution in [-0.2, 0) is 19.5 Å². The van der Waals surface area contributed by atoms with E-state index in [1.807, 2.05) is 13.8 Å². The maximum absolute atomic E-state index is 5.48. The lowest BCUT2D eigenvalue weighted by molar-refractivity contribution is 0.438. The van der Waals surface area contributed by atoms with Crippen LogP contribution in [0.25, 0.3) is 0 Å². The van der Waals surface area contributed by atoms with Gasteiger partial charge in [-0.05, 0) is 6.92 Å². The molecule has 0 atom stereocenters. The number of hydrogen-bond acceptors (Lipinski definition) is 4. The van der Waals surface area contributed by atoms with Crippen molar-refractivity contribution < 1.29 is 4.42 Å². The van der Waals surface area contributed by atoms with Crippen molar-refractivity contribution in [3.63, 3.8) is 0 Å². The minimum atomic E-state index is 0.631. The second kappa shape index (κ2) is 4.94. The fourth-order valence-corrected chi connectivity index (χ4v) is 1.45. The Kier molecular flexibility index (Phi) is 3.36. The summed E-state index contributed by atoms with van der Waals surface area (Å²) in [7, 11) is 0. The van der Waals surface area contributed by atoms with Gasteiger partial charge in [-0.3, -0.25) is 0 Å². The number of H-pyrrole nitrogens is 1. The van der Waals surface area contributed by atoms with E-state index in [4.69, 9.17) is 4.42 Å². The van der Waals surface area contributed by atoms with Gasteiger partial charge < -0.3 is 14.7 Å². The van der Waals surface area contributed by atoms with Gasteiger partial charge in [-0.1, -0.05) is 6.92 Å². The molecule has 0 spiro atoms. The highest BCUT2D eigenvalue weighted by molar-refractivity contribution is 5.08. The fraction of sp³-hybridized carbons (Fsp3) is 0.455. The van der Waals surface area contributed by atoms with Gasteiger partial charge >= 0.3 is 0 Å². The molecule has 0 saturated heterocycles. The summed E-state index contributed by atoms with van der Waals surface area (Å²) in [4.78, 5) is 11.4. The first kappa shape index (κ1) is 10.9. The quantitative estimate of drug-likeness (QED) is 0.802. The Morgan fingerprint density at radius 2 is 2.25 bits per heavy atom. The monoisotopic (exact) mass is 220 g/mol. The summed E-state index contributed by atoms with van der Waals surface area (Å²) in [6, 6.07) is 0. The molecule has 2 rings (SSSR count). The minimum Gasteiger partial charge on any atom is -0.444 e. The molecule has 0 bridgehead atoms. The highest BCUT2D eigenvalue weighted by Crippen LogP contribution is 2.04. The number of hydrogen-bond donors (Lipinski definition) is 2. The van der Waals surface area contributed by atoms with E-state index in [1.165, 1.54) is 0 Å². The molecule has 0 amide bonds. The molecule has 2 N–H and O–H groups in total. The molecule has 0 aliphatic rings. The molecule has 0 saturated carbocycles. The number of nitrogens with one attached hydrogen (secondary N) is 2. The van der Waals surface area contributed by atoms with E-state index in [9.17, 15) is 0 Å². The van der Waals surface area contributed by atoms with Crippen molar-refractivity contribution in [3.8, 4) is 0 Å². The highest BCUT2D eigenvalue weighted by Gasteiger charge is 2.03. The first-order valence-electron chi connectivity index (χ1n) is 5.42. The van der Waals surface area contributed by atoms with Crippen LogP contribution in [0.5, 0.6) is 0 Å². The third-order valence-electron chi connectivity index (χ3n) is 2.45. The highest BCUT2D eigenvalue weighted by atomic mass is 16.4. The van der Waals surface area contributed by atoms with E-state index in [-0.39, 0.29) is 0 Å². The van der Waals surface area contributed by atoms with E-state index in [0.29, 0.717) is 6.54 Å². The zero-order valence-electron chi connectivity index (χ0n) is 9.58. The third kappa shape index (κ3) is 2.49. The van der Waals surface area contributed by atoms with Crippen LogP contribution in [0, 0.1) is 6.92 Å². The summed E-state index contributed by atoms with van der Waals surface area (Å²) in [5.41, 5.74) is 2.12. The number of imidazole rings is 1. The van der Waals surface area contributed by atoms with Crippen molar-refractivity contribution in [2.45, 2.75) is 33.4 Å². The molecular weight excluding hydrogens is 204 g/mol. The molecule has 5 heteroatoms. The van der Waals surface area contributed by atoms with Gasteiger partial charge in [0.2, 0.25) is 5.89 Å². The molecule has 5 nitrogen and oxygen atoms in total. The molecule has 2 aromatic heterocycles. The molecule has 0 aliphatic heterocycles. The van der Waals surface area contributed by atoms with Gasteiger partial charge in [0.15, 0.2) is 0 Å². The van der Waals surface area contributed by atoms with E-state index < -0.39 is 0 Å². The van der Waals surface area contributed by atoms with Crippen LogP contribution in [-0.4, -0.2) is 15.0 Å². The van der Waals surface area contributed by atoms with Gasteiger partial charge in [0.25, 0.3) is 0 Å². The summed E-state index contributed by atoms with van der Waals surface area (Å²) >= 11 is 0. The second-order valence-corrected chi connectivity index (χ2v) is 3.65. The molecule has 0 unspecified atom stereocenters. The Labute approximate surface area is 94.3 Å². The van der Waals surface area contributed by atoms with Gasteiger partial charge in [-0.15, -0.1) is 0 Å². The summed E-state index contributed by atoms with van der Waals surface area (Å²) < 4.78 is 5.48. The standard InChI is InChI=1S/C11H16N4O/c1-3-9-4-13-11(16-9)6-12-5-10-8(2)14-7-15-10/h4,7,12H,3,5-6H2,1-2H3,(H,14,15). The largest absolute Gasteiger partial charge is 0.444 e. The van der Waals surface area contributed by atoms with Crippen molar-refractivity contribution in [2.75, 3.05) is 0 Å². The van der Waals surface area contributed by atoms with Gasteiger partial charge in [-0.25, -0.2) is 9.97 Å². The summed E-state index contributed by atoms with van der Waals surface area (Å²) in [6.07, 6.45) is 4.36. The van der Waals surface area contributed by atoms with E-state index in [2.05, 4.69) is 20.3 Å². The molecular formula is C11H16N4O. The Morgan fingerprint density at radius 3 is 2.88 bits per heavy atom. The maximum atomic E-state index is 5.48. The average Bonchev–Trinajstić information content (AvgIpc) is 2.89. The predicted molar refractivity (Wildman–Crippen MR) is 59.7 cm³/mol. The minimum absolute atomic E-state index is 0.631. The Balaban J connectivity index is 1.82. The topological polar surface area (TPSA) is 66.7 Å². The first-order chi connectivity index (χ1) is 7.79. The molecule has 0 fully saturated rings. The second-order valence-electron chi connectivity index (χ2n) is 3.65. The van der Waals surface area contributed by atoms with Crippen LogP contribution < -0.4 is 5.32 Å². The Hall–Kier alpha value is -1.62. The van der Waals surface area contributed by atoms with Gasteiger partial charge in [0.05, 0.1) is 24.8 Å². The van der Waals surface area contributed by atoms with Crippen molar-refractivity contribution in [1.29, 1.82) is 0 Å². The zero-order chi connectivity index (χ0) is 11.4. The molecule has 2 aromatic rings. The number of aromatic amines is 1. The number of nitrogens with zero attached hydrogens (tertiary/aromatic N) is 2. The van der Waals surface area contributed by atoms with Crippen molar-refractivity contribution >= 4 is 0 Å². The zero-order valence-corrected chi connectivity index (χ0v) is 9.58. The number of aryl methyl sites for hydroxylation is 2. The molecule has 2 heterocycles. The van der Waals surface area contributed by atoms with Crippen molar-refractivity contribution in [1.82, 2.24) is 20.3 Å². The maximum Gasteiger partial charge on any atom is 0.208 e. The SMILES string of the molecule is CCc1cnc(CNCc2nc[nH]c2C)o1. The lowest BCUT2D eigenvalue weighted by atomic mass is 10.3. The number of rotatable bonds is 5. The Morgan fingerprint density at radius 1 is 1.38 bits per heavy atom. The number of aromatic nitrogens is 3. The van der Waals surface area contributed by atoms with Gasteiger partial charge in [0.1, 0.15) is 5.76 Å². The first-order valence-corrected chi connectivity index (χ1v) is 5.42. The summed E-state index contributed by atoms with van der Waals surface area (Å²) in [5, 5.41) is 3.24. The molecule has 86 valence electrons. The van der Waals surface area contributed by atoms with Crippen LogP contribution in [0.1, 0.15) is 30.0 Å². The predicted octanol–water partition coefficient (Wildman–Crippen LogP) is 1.56. The summed E-state index contributed by atoms with van der Waals surface area (Å²) in [6.45, 7) is 5.40. The van der Waals surface area contributed by atoms with Crippen molar-refractivity contribution in [2.24, 2.45) is 0 Å². The van der Waals surface area contributed by atoms with Gasteiger partial charge in [0, 0.05) is 18.7 Å². The summed E-state index contributed by atoms with van der Waals surface area (Å²) in [5.74, 6) is 1.65. The van der Waals surface area contributed by atoms with Crippen molar-refractivity contribution in [3.05, 3.63) is 35.6 Å². The molecule has 16 heavy (non-hydrogen) atoms. The lowest BCUT2D eigenvalue weighted by Crippen LogP contribution is -2.13. The van der Waals surface area contributed by atoms with Gasteiger partial charge in [-0.2, -0.15) is 0 Å². The van der Waals surface area contributed by atoms with Crippen LogP contribution in [0.15, 0.2) is 16.9 Å². The lowest BCUT2D eigenvalue weighted by Gasteiger charge is -2.00. The van der Waals surface area contributed by atoms with E-state index >= 15 is 0 Å². The normalized spacial score (nSPS) is 10.9. The third-order valence-corrected chi connectivity index (χ3v) is 2.45. The fourth-order valence-electron chi connectivity index (χ4n) is 1.45. The smallest absolute Gasteiger partial charge is 0.208 e. The van der Waals surface area contributed by atoms with E-state index in [0.717, 1.165) is 36.0 Å². The molecule has 0 aromatic carbocycles. The molecule has 0 aliphatic carbocycles. The number of oxazole rings is 1. The van der Waals surface area contributed by atoms with Crippen LogP contribution in [0.2, 0.25) is 0 Å².